The van der Waals surface area contributed by atoms with Crippen molar-refractivity contribution in [2.75, 3.05) is 18.5 Å². The van der Waals surface area contributed by atoms with Crippen molar-refractivity contribution in [3.63, 3.8) is 0 Å². The Labute approximate surface area is 156 Å². The van der Waals surface area contributed by atoms with E-state index in [1.54, 1.807) is 42.7 Å². The van der Waals surface area contributed by atoms with Gasteiger partial charge in [0, 0.05) is 17.4 Å². The molecule has 1 N–H and O–H groups in total. The highest BCUT2D eigenvalue weighted by molar-refractivity contribution is 6.04. The van der Waals surface area contributed by atoms with Gasteiger partial charge in [0.25, 0.3) is 5.91 Å². The Balaban J connectivity index is 1.34. The van der Waals surface area contributed by atoms with Gasteiger partial charge in [0.05, 0.1) is 19.4 Å². The minimum absolute atomic E-state index is 0.123. The summed E-state index contributed by atoms with van der Waals surface area (Å²) in [7, 11) is 0. The third kappa shape index (κ3) is 4.43. The molecule has 27 heavy (non-hydrogen) atoms. The molecule has 1 aromatic heterocycles. The number of anilines is 1. The monoisotopic (exact) mass is 362 g/mol. The third-order valence-corrected chi connectivity index (χ3v) is 4.01. The van der Waals surface area contributed by atoms with Gasteiger partial charge in [-0.1, -0.05) is 0 Å². The van der Waals surface area contributed by atoms with Gasteiger partial charge >= 0.3 is 0 Å². The number of hydrogen-bond donors (Lipinski definition) is 1. The lowest BCUT2D eigenvalue weighted by Crippen LogP contribution is -2.38. The van der Waals surface area contributed by atoms with Crippen LogP contribution in [0.2, 0.25) is 0 Å². The number of carbonyl (C=O) groups excluding carboxylic acids is 1. The fraction of sp³-hybridized carbons (Fsp3) is 0.143. The van der Waals surface area contributed by atoms with Crippen LogP contribution >= 0.6 is 0 Å². The normalized spacial score (nSPS) is 13.5. The zero-order valence-electron chi connectivity index (χ0n) is 14.5. The van der Waals surface area contributed by atoms with Crippen LogP contribution in [0.4, 0.5) is 5.69 Å². The van der Waals surface area contributed by atoms with Crippen LogP contribution in [0.1, 0.15) is 10.4 Å². The van der Waals surface area contributed by atoms with Crippen LogP contribution in [0.5, 0.6) is 17.2 Å². The number of nitrogens with zero attached hydrogens (tertiary/aromatic N) is 1. The predicted molar refractivity (Wildman–Crippen MR) is 100 cm³/mol. The van der Waals surface area contributed by atoms with E-state index in [4.69, 9.17) is 14.2 Å². The number of nitrogens with one attached hydrogen (secondary N) is 1. The number of pyridine rings is 1. The first-order valence-electron chi connectivity index (χ1n) is 8.60. The molecular formula is C21H18N2O4. The molecule has 1 saturated heterocycles. The molecule has 6 nitrogen and oxygen atoms in total. The Bertz CT molecular complexity index is 892. The lowest BCUT2D eigenvalue weighted by Gasteiger charge is -2.26. The van der Waals surface area contributed by atoms with Crippen molar-refractivity contribution >= 4 is 11.6 Å². The molecule has 0 unspecified atom stereocenters. The number of hydrogen-bond acceptors (Lipinski definition) is 5. The number of aromatic nitrogens is 1. The topological polar surface area (TPSA) is 69.7 Å². The molecule has 1 fully saturated rings. The summed E-state index contributed by atoms with van der Waals surface area (Å²) in [5.41, 5.74) is 1.24. The number of benzene rings is 2. The van der Waals surface area contributed by atoms with E-state index in [1.165, 1.54) is 0 Å². The minimum atomic E-state index is -0.191. The highest BCUT2D eigenvalue weighted by atomic mass is 16.6. The van der Waals surface area contributed by atoms with Crippen molar-refractivity contribution in [1.29, 1.82) is 0 Å². The van der Waals surface area contributed by atoms with Crippen LogP contribution in [0.25, 0.3) is 0 Å². The van der Waals surface area contributed by atoms with Gasteiger partial charge in [-0.25, -0.2) is 0 Å². The van der Waals surface area contributed by atoms with Crippen molar-refractivity contribution in [1.82, 2.24) is 4.98 Å². The minimum Gasteiger partial charge on any atom is -0.486 e. The molecule has 0 spiro atoms. The van der Waals surface area contributed by atoms with E-state index in [0.29, 0.717) is 36.0 Å². The van der Waals surface area contributed by atoms with E-state index in [1.807, 2.05) is 30.3 Å². The van der Waals surface area contributed by atoms with E-state index in [0.717, 1.165) is 5.75 Å². The van der Waals surface area contributed by atoms with Crippen LogP contribution in [0, 0.1) is 0 Å². The van der Waals surface area contributed by atoms with E-state index >= 15 is 0 Å². The maximum atomic E-state index is 12.4. The molecule has 2 aromatic carbocycles. The first-order valence-corrected chi connectivity index (χ1v) is 8.60. The molecule has 1 amide bonds. The molecule has 0 radical (unpaired) electrons. The summed E-state index contributed by atoms with van der Waals surface area (Å²) in [6.07, 6.45) is 3.44. The molecular weight excluding hydrogens is 344 g/mol. The molecule has 0 saturated carbocycles. The van der Waals surface area contributed by atoms with Crippen molar-refractivity contribution < 1.29 is 19.0 Å². The SMILES string of the molecule is O=C(Nc1ccc(OC2COC2)cc1)c1ccc(Oc2cccnc2)cc1. The highest BCUT2D eigenvalue weighted by Crippen LogP contribution is 2.22. The summed E-state index contributed by atoms with van der Waals surface area (Å²) in [6, 6.07) is 17.8. The molecule has 1 aliphatic heterocycles. The van der Waals surface area contributed by atoms with Gasteiger partial charge < -0.3 is 19.5 Å². The van der Waals surface area contributed by atoms with E-state index in [-0.39, 0.29) is 12.0 Å². The largest absolute Gasteiger partial charge is 0.486 e. The second-order valence-corrected chi connectivity index (χ2v) is 6.07. The van der Waals surface area contributed by atoms with Gasteiger partial charge in [-0.2, -0.15) is 0 Å². The number of rotatable bonds is 6. The first kappa shape index (κ1) is 17.1. The molecule has 0 aliphatic carbocycles. The lowest BCUT2D eigenvalue weighted by molar-refractivity contribution is -0.0796. The summed E-state index contributed by atoms with van der Waals surface area (Å²) in [5, 5.41) is 2.87. The average Bonchev–Trinajstić information content (AvgIpc) is 2.67. The van der Waals surface area contributed by atoms with Crippen molar-refractivity contribution in [3.05, 3.63) is 78.6 Å². The van der Waals surface area contributed by atoms with Crippen LogP contribution in [-0.2, 0) is 4.74 Å². The average molecular weight is 362 g/mol. The fourth-order valence-electron chi connectivity index (χ4n) is 2.51. The molecule has 0 bridgehead atoms. The molecule has 136 valence electrons. The Morgan fingerprint density at radius 2 is 1.70 bits per heavy atom. The highest BCUT2D eigenvalue weighted by Gasteiger charge is 2.19. The second kappa shape index (κ2) is 7.88. The van der Waals surface area contributed by atoms with E-state index in [9.17, 15) is 4.79 Å². The molecule has 3 aromatic rings. The number of amides is 1. The molecule has 6 heteroatoms. The van der Waals surface area contributed by atoms with Gasteiger partial charge in [0.1, 0.15) is 23.4 Å². The number of carbonyl (C=O) groups is 1. The van der Waals surface area contributed by atoms with Crippen LogP contribution in [0.15, 0.2) is 73.1 Å². The van der Waals surface area contributed by atoms with Crippen LogP contribution < -0.4 is 14.8 Å². The van der Waals surface area contributed by atoms with Gasteiger partial charge in [0.2, 0.25) is 0 Å². The summed E-state index contributed by atoms with van der Waals surface area (Å²) < 4.78 is 16.5. The van der Waals surface area contributed by atoms with E-state index < -0.39 is 0 Å². The standard InChI is InChI=1S/C21H18N2O4/c24-21(23-16-5-9-18(10-6-16)27-20-13-25-14-20)15-3-7-17(8-4-15)26-19-2-1-11-22-12-19/h1-12,20H,13-14H2,(H,23,24). The molecule has 0 atom stereocenters. The quantitative estimate of drug-likeness (QED) is 0.720. The van der Waals surface area contributed by atoms with Crippen molar-refractivity contribution in [2.24, 2.45) is 0 Å². The maximum absolute atomic E-state index is 12.4. The van der Waals surface area contributed by atoms with Crippen LogP contribution in [-0.4, -0.2) is 30.2 Å². The summed E-state index contributed by atoms with van der Waals surface area (Å²) in [4.78, 5) is 16.4. The Morgan fingerprint density at radius 1 is 0.963 bits per heavy atom. The summed E-state index contributed by atoms with van der Waals surface area (Å²) in [5.74, 6) is 1.86. The van der Waals surface area contributed by atoms with Crippen molar-refractivity contribution in [2.45, 2.75) is 6.10 Å². The van der Waals surface area contributed by atoms with Crippen molar-refractivity contribution in [3.8, 4) is 17.2 Å². The summed E-state index contributed by atoms with van der Waals surface area (Å²) in [6.45, 7) is 1.25. The zero-order chi connectivity index (χ0) is 18.5. The third-order valence-electron chi connectivity index (χ3n) is 4.01. The fourth-order valence-corrected chi connectivity index (χ4v) is 2.51. The molecule has 1 aliphatic rings. The van der Waals surface area contributed by atoms with Gasteiger partial charge in [-0.05, 0) is 60.7 Å². The van der Waals surface area contributed by atoms with Crippen LogP contribution in [0.3, 0.4) is 0 Å². The lowest BCUT2D eigenvalue weighted by atomic mass is 10.2. The van der Waals surface area contributed by atoms with Gasteiger partial charge in [-0.15, -0.1) is 0 Å². The molecule has 4 rings (SSSR count). The van der Waals surface area contributed by atoms with E-state index in [2.05, 4.69) is 10.3 Å². The Hall–Kier alpha value is -3.38. The molecule has 2 heterocycles. The zero-order valence-corrected chi connectivity index (χ0v) is 14.5. The maximum Gasteiger partial charge on any atom is 0.255 e. The Morgan fingerprint density at radius 3 is 2.33 bits per heavy atom. The second-order valence-electron chi connectivity index (χ2n) is 6.07. The van der Waals surface area contributed by atoms with Gasteiger partial charge in [-0.3, -0.25) is 9.78 Å². The van der Waals surface area contributed by atoms with Gasteiger partial charge in [0.15, 0.2) is 0 Å². The summed E-state index contributed by atoms with van der Waals surface area (Å²) >= 11 is 0. The smallest absolute Gasteiger partial charge is 0.255 e. The predicted octanol–water partition coefficient (Wildman–Crippen LogP) is 3.90. The number of ether oxygens (including phenoxy) is 3. The Kier molecular flexibility index (Phi) is 4.98. The first-order chi connectivity index (χ1) is 13.3.